The molecule has 6 nitrogen and oxygen atoms in total. The highest BCUT2D eigenvalue weighted by atomic mass is 19.4. The van der Waals surface area contributed by atoms with Crippen molar-refractivity contribution < 1.29 is 27.4 Å². The van der Waals surface area contributed by atoms with Crippen LogP contribution < -0.4 is 10.1 Å². The number of hydrogen-bond donors (Lipinski definition) is 1. The van der Waals surface area contributed by atoms with E-state index >= 15 is 0 Å². The third kappa shape index (κ3) is 4.57. The second-order valence-corrected chi connectivity index (χ2v) is 7.08. The Hall–Kier alpha value is -4.14. The van der Waals surface area contributed by atoms with Crippen LogP contribution in [0.15, 0.2) is 66.7 Å². The summed E-state index contributed by atoms with van der Waals surface area (Å²) >= 11 is 0. The molecule has 0 radical (unpaired) electrons. The maximum absolute atomic E-state index is 13.3. The molecule has 0 aliphatic carbocycles. The van der Waals surface area contributed by atoms with Gasteiger partial charge in [0.25, 0.3) is 0 Å². The zero-order valence-corrected chi connectivity index (χ0v) is 17.6. The van der Waals surface area contributed by atoms with Gasteiger partial charge in [0.1, 0.15) is 11.4 Å². The minimum Gasteiger partial charge on any atom is -0.497 e. The summed E-state index contributed by atoms with van der Waals surface area (Å²) in [6.45, 7) is 0. The number of hydrogen-bond acceptors (Lipinski definition) is 6. The van der Waals surface area contributed by atoms with Crippen LogP contribution in [-0.4, -0.2) is 30.4 Å². The fraction of sp³-hybridized carbons (Fsp3) is 0.125. The molecule has 0 bridgehead atoms. The molecule has 168 valence electrons. The summed E-state index contributed by atoms with van der Waals surface area (Å²) in [5.74, 6) is -0.0950. The summed E-state index contributed by atoms with van der Waals surface area (Å²) in [7, 11) is 2.61. The summed E-state index contributed by atoms with van der Waals surface area (Å²) in [5, 5.41) is 12.9. The predicted molar refractivity (Wildman–Crippen MR) is 118 cm³/mol. The zero-order valence-electron chi connectivity index (χ0n) is 17.6. The van der Waals surface area contributed by atoms with Gasteiger partial charge in [-0.3, -0.25) is 0 Å². The number of nitrogens with one attached hydrogen (secondary N) is 1. The second kappa shape index (κ2) is 8.78. The summed E-state index contributed by atoms with van der Waals surface area (Å²) in [5.41, 5.74) is 1.00. The normalized spacial score (nSPS) is 11.3. The summed E-state index contributed by atoms with van der Waals surface area (Å²) in [4.78, 5) is 11.7. The van der Waals surface area contributed by atoms with E-state index in [4.69, 9.17) is 9.47 Å². The summed E-state index contributed by atoms with van der Waals surface area (Å²) in [6.07, 6.45) is -4.53. The molecule has 1 heterocycles. The van der Waals surface area contributed by atoms with E-state index in [1.54, 1.807) is 36.4 Å². The Bertz CT molecular complexity index is 1320. The van der Waals surface area contributed by atoms with Gasteiger partial charge in [0.2, 0.25) is 0 Å². The molecule has 4 rings (SSSR count). The lowest BCUT2D eigenvalue weighted by Crippen LogP contribution is -2.07. The molecule has 0 atom stereocenters. The van der Waals surface area contributed by atoms with E-state index in [2.05, 4.69) is 15.5 Å². The predicted octanol–water partition coefficient (Wildman–Crippen LogP) is 5.85. The number of carbonyl (C=O) groups excluding carboxylic acids is 1. The first-order chi connectivity index (χ1) is 15.8. The number of esters is 1. The molecular formula is C24H18F3N3O3. The first kappa shape index (κ1) is 22.1. The topological polar surface area (TPSA) is 73.3 Å². The van der Waals surface area contributed by atoms with Crippen LogP contribution in [0.2, 0.25) is 0 Å². The lowest BCUT2D eigenvalue weighted by atomic mass is 10.0. The number of rotatable bonds is 5. The Morgan fingerprint density at radius 3 is 2.24 bits per heavy atom. The Balaban J connectivity index is 1.76. The largest absolute Gasteiger partial charge is 0.497 e. The molecule has 0 unspecified atom stereocenters. The number of benzene rings is 3. The SMILES string of the molecule is COC(=O)c1ccc(-c2nnc(Nc3cc(OC)cc(C(F)(F)F)c3)c3ccccc23)cc1. The molecule has 0 amide bonds. The van der Waals surface area contributed by atoms with Crippen molar-refractivity contribution in [2.24, 2.45) is 0 Å². The van der Waals surface area contributed by atoms with Crippen molar-refractivity contribution in [3.63, 3.8) is 0 Å². The van der Waals surface area contributed by atoms with Gasteiger partial charge in [0.05, 0.1) is 25.3 Å². The molecule has 1 N–H and O–H groups in total. The fourth-order valence-corrected chi connectivity index (χ4v) is 3.38. The van der Waals surface area contributed by atoms with E-state index in [0.717, 1.165) is 23.1 Å². The van der Waals surface area contributed by atoms with Crippen LogP contribution in [0.3, 0.4) is 0 Å². The molecule has 4 aromatic rings. The van der Waals surface area contributed by atoms with Crippen molar-refractivity contribution in [1.82, 2.24) is 10.2 Å². The molecule has 1 aromatic heterocycles. The third-order valence-corrected chi connectivity index (χ3v) is 5.00. The number of nitrogens with zero attached hydrogens (tertiary/aromatic N) is 2. The Kier molecular flexibility index (Phi) is 5.87. The molecule has 0 fully saturated rings. The molecule has 0 aliphatic rings. The number of anilines is 2. The molecule has 0 saturated heterocycles. The highest BCUT2D eigenvalue weighted by Crippen LogP contribution is 2.36. The smallest absolute Gasteiger partial charge is 0.416 e. The van der Waals surface area contributed by atoms with Gasteiger partial charge < -0.3 is 14.8 Å². The number of methoxy groups -OCH3 is 2. The summed E-state index contributed by atoms with van der Waals surface area (Å²) < 4.78 is 49.6. The zero-order chi connectivity index (χ0) is 23.6. The van der Waals surface area contributed by atoms with Crippen molar-refractivity contribution >= 4 is 28.2 Å². The van der Waals surface area contributed by atoms with Crippen LogP contribution in [0.1, 0.15) is 15.9 Å². The van der Waals surface area contributed by atoms with E-state index < -0.39 is 17.7 Å². The average Bonchev–Trinajstić information content (AvgIpc) is 2.83. The Morgan fingerprint density at radius 1 is 0.909 bits per heavy atom. The number of aromatic nitrogens is 2. The molecule has 0 spiro atoms. The van der Waals surface area contributed by atoms with Crippen LogP contribution in [0, 0.1) is 0 Å². The van der Waals surface area contributed by atoms with E-state index in [0.29, 0.717) is 22.5 Å². The highest BCUT2D eigenvalue weighted by molar-refractivity contribution is 6.01. The molecule has 3 aromatic carbocycles. The van der Waals surface area contributed by atoms with Gasteiger partial charge in [-0.25, -0.2) is 4.79 Å². The van der Waals surface area contributed by atoms with Crippen molar-refractivity contribution in [3.05, 3.63) is 77.9 Å². The lowest BCUT2D eigenvalue weighted by molar-refractivity contribution is -0.137. The van der Waals surface area contributed by atoms with E-state index in [1.165, 1.54) is 20.3 Å². The Morgan fingerprint density at radius 2 is 1.61 bits per heavy atom. The number of alkyl halides is 3. The van der Waals surface area contributed by atoms with Gasteiger partial charge >= 0.3 is 12.1 Å². The van der Waals surface area contributed by atoms with Gasteiger partial charge in [-0.15, -0.1) is 10.2 Å². The van der Waals surface area contributed by atoms with Crippen LogP contribution in [-0.2, 0) is 10.9 Å². The van der Waals surface area contributed by atoms with Crippen LogP contribution in [0.5, 0.6) is 5.75 Å². The molecule has 0 saturated carbocycles. The van der Waals surface area contributed by atoms with E-state index in [1.807, 2.05) is 12.1 Å². The minimum absolute atomic E-state index is 0.0619. The van der Waals surface area contributed by atoms with Gasteiger partial charge in [0, 0.05) is 28.1 Å². The van der Waals surface area contributed by atoms with E-state index in [-0.39, 0.29) is 11.4 Å². The first-order valence-corrected chi connectivity index (χ1v) is 9.77. The molecule has 33 heavy (non-hydrogen) atoms. The van der Waals surface area contributed by atoms with Gasteiger partial charge in [0.15, 0.2) is 5.82 Å². The van der Waals surface area contributed by atoms with Gasteiger partial charge in [-0.1, -0.05) is 36.4 Å². The molecular weight excluding hydrogens is 435 g/mol. The van der Waals surface area contributed by atoms with Gasteiger partial charge in [-0.2, -0.15) is 13.2 Å². The van der Waals surface area contributed by atoms with E-state index in [9.17, 15) is 18.0 Å². The minimum atomic E-state index is -4.53. The van der Waals surface area contributed by atoms with Crippen LogP contribution in [0.4, 0.5) is 24.7 Å². The maximum Gasteiger partial charge on any atom is 0.416 e. The standard InChI is InChI=1S/C24H18F3N3O3/c1-32-18-12-16(24(25,26)27)11-17(13-18)28-22-20-6-4-3-5-19(20)21(29-30-22)14-7-9-15(10-8-14)23(31)33-2/h3-13H,1-2H3,(H,28,30). The number of fused-ring (bicyclic) bond motifs is 1. The number of ether oxygens (including phenoxy) is 2. The fourth-order valence-electron chi connectivity index (χ4n) is 3.38. The van der Waals surface area contributed by atoms with Crippen molar-refractivity contribution in [2.45, 2.75) is 6.18 Å². The van der Waals surface area contributed by atoms with Crippen molar-refractivity contribution in [1.29, 1.82) is 0 Å². The monoisotopic (exact) mass is 453 g/mol. The van der Waals surface area contributed by atoms with Crippen LogP contribution in [0.25, 0.3) is 22.0 Å². The molecule has 9 heteroatoms. The first-order valence-electron chi connectivity index (χ1n) is 9.77. The van der Waals surface area contributed by atoms with Gasteiger partial charge in [-0.05, 0) is 24.3 Å². The lowest BCUT2D eigenvalue weighted by Gasteiger charge is -2.14. The quantitative estimate of drug-likeness (QED) is 0.382. The summed E-state index contributed by atoms with van der Waals surface area (Å²) in [6, 6.07) is 17.3. The number of carbonyl (C=O) groups is 1. The average molecular weight is 453 g/mol. The second-order valence-electron chi connectivity index (χ2n) is 7.08. The molecule has 0 aliphatic heterocycles. The third-order valence-electron chi connectivity index (χ3n) is 5.00. The van der Waals surface area contributed by atoms with Crippen LogP contribution >= 0.6 is 0 Å². The number of halogens is 3. The highest BCUT2D eigenvalue weighted by Gasteiger charge is 2.31. The Labute approximate surface area is 187 Å². The maximum atomic E-state index is 13.3. The van der Waals surface area contributed by atoms with Crippen molar-refractivity contribution in [3.8, 4) is 17.0 Å². The van der Waals surface area contributed by atoms with Crippen molar-refractivity contribution in [2.75, 3.05) is 19.5 Å².